The SMILES string of the molecule is C[C@H](Nc1nc(-c2cccnc2N)ncc1F)C(=O)NCC(F)(F)F. The summed E-state index contributed by atoms with van der Waals surface area (Å²) < 4.78 is 50.2. The number of carbonyl (C=O) groups is 1. The second-order valence-electron chi connectivity index (χ2n) is 5.03. The number of pyridine rings is 1. The van der Waals surface area contributed by atoms with Crippen molar-refractivity contribution in [3.8, 4) is 11.4 Å². The van der Waals surface area contributed by atoms with Crippen LogP contribution in [0.15, 0.2) is 24.5 Å². The molecule has 0 spiro atoms. The third-order valence-corrected chi connectivity index (χ3v) is 3.03. The van der Waals surface area contributed by atoms with Crippen molar-refractivity contribution in [2.75, 3.05) is 17.6 Å². The van der Waals surface area contributed by atoms with Gasteiger partial charge < -0.3 is 16.4 Å². The molecule has 0 saturated heterocycles. The van der Waals surface area contributed by atoms with Crippen LogP contribution >= 0.6 is 0 Å². The number of nitrogens with zero attached hydrogens (tertiary/aromatic N) is 3. The molecule has 134 valence electrons. The summed E-state index contributed by atoms with van der Waals surface area (Å²) in [5.74, 6) is -2.00. The zero-order chi connectivity index (χ0) is 18.6. The van der Waals surface area contributed by atoms with Crippen molar-refractivity contribution in [1.29, 1.82) is 0 Å². The van der Waals surface area contributed by atoms with Gasteiger partial charge in [0.2, 0.25) is 5.91 Å². The van der Waals surface area contributed by atoms with E-state index in [4.69, 9.17) is 5.73 Å². The van der Waals surface area contributed by atoms with Gasteiger partial charge in [0.25, 0.3) is 0 Å². The molecule has 25 heavy (non-hydrogen) atoms. The van der Waals surface area contributed by atoms with E-state index in [1.165, 1.54) is 13.1 Å². The van der Waals surface area contributed by atoms with Gasteiger partial charge in [-0.25, -0.2) is 19.3 Å². The fraction of sp³-hybridized carbons (Fsp3) is 0.286. The second-order valence-corrected chi connectivity index (χ2v) is 5.03. The highest BCUT2D eigenvalue weighted by atomic mass is 19.4. The Morgan fingerprint density at radius 1 is 1.36 bits per heavy atom. The molecule has 2 heterocycles. The number of amides is 1. The van der Waals surface area contributed by atoms with Crippen LogP contribution in [-0.4, -0.2) is 39.6 Å². The van der Waals surface area contributed by atoms with E-state index >= 15 is 0 Å². The molecule has 2 aromatic heterocycles. The van der Waals surface area contributed by atoms with Gasteiger partial charge in [-0.15, -0.1) is 0 Å². The molecule has 2 rings (SSSR count). The van der Waals surface area contributed by atoms with Gasteiger partial charge in [-0.3, -0.25) is 4.79 Å². The molecule has 1 amide bonds. The number of carbonyl (C=O) groups excluding carboxylic acids is 1. The van der Waals surface area contributed by atoms with Crippen LogP contribution in [0.5, 0.6) is 0 Å². The average molecular weight is 358 g/mol. The highest BCUT2D eigenvalue weighted by molar-refractivity contribution is 5.84. The van der Waals surface area contributed by atoms with Crippen molar-refractivity contribution >= 4 is 17.5 Å². The molecule has 2 aromatic rings. The molecule has 4 N–H and O–H groups in total. The Kier molecular flexibility index (Phi) is 5.35. The molecule has 0 radical (unpaired) electrons. The lowest BCUT2D eigenvalue weighted by atomic mass is 10.2. The Labute approximate surface area is 139 Å². The van der Waals surface area contributed by atoms with Gasteiger partial charge in [0.05, 0.1) is 11.8 Å². The van der Waals surface area contributed by atoms with E-state index in [0.29, 0.717) is 5.56 Å². The number of hydrogen-bond acceptors (Lipinski definition) is 6. The molecule has 0 aliphatic rings. The van der Waals surface area contributed by atoms with Crippen LogP contribution in [0.2, 0.25) is 0 Å². The number of hydrogen-bond donors (Lipinski definition) is 3. The minimum Gasteiger partial charge on any atom is -0.383 e. The molecule has 0 aliphatic heterocycles. The van der Waals surface area contributed by atoms with E-state index in [1.54, 1.807) is 17.4 Å². The standard InChI is InChI=1S/C14H14F4N6O/c1-7(13(25)22-6-14(16,17)18)23-12-9(15)5-21-11(24-12)8-3-2-4-20-10(8)19/h2-5,7H,6H2,1H3,(H2,19,20)(H,22,25)(H,21,23,24)/t7-/m0/s1. The van der Waals surface area contributed by atoms with E-state index < -0.39 is 30.5 Å². The quantitative estimate of drug-likeness (QED) is 0.703. The van der Waals surface area contributed by atoms with Gasteiger partial charge in [0.15, 0.2) is 17.5 Å². The maximum Gasteiger partial charge on any atom is 0.405 e. The fourth-order valence-corrected chi connectivity index (χ4v) is 1.82. The maximum atomic E-state index is 13.8. The van der Waals surface area contributed by atoms with Crippen LogP contribution in [0, 0.1) is 5.82 Å². The summed E-state index contributed by atoms with van der Waals surface area (Å²) in [6.07, 6.45) is -2.23. The summed E-state index contributed by atoms with van der Waals surface area (Å²) in [6, 6.07) is 1.99. The Balaban J connectivity index is 2.15. The summed E-state index contributed by atoms with van der Waals surface area (Å²) >= 11 is 0. The number of nitrogens with two attached hydrogens (primary N) is 1. The lowest BCUT2D eigenvalue weighted by Crippen LogP contribution is -2.42. The minimum atomic E-state index is -4.54. The Morgan fingerprint density at radius 2 is 2.08 bits per heavy atom. The first-order valence-corrected chi connectivity index (χ1v) is 7.02. The van der Waals surface area contributed by atoms with E-state index in [1.807, 2.05) is 0 Å². The third-order valence-electron chi connectivity index (χ3n) is 3.03. The van der Waals surface area contributed by atoms with Crippen molar-refractivity contribution in [3.63, 3.8) is 0 Å². The Bertz CT molecular complexity index is 767. The van der Waals surface area contributed by atoms with Crippen molar-refractivity contribution in [3.05, 3.63) is 30.3 Å². The van der Waals surface area contributed by atoms with Gasteiger partial charge in [-0.05, 0) is 19.1 Å². The zero-order valence-electron chi connectivity index (χ0n) is 12.9. The predicted octanol–water partition coefficient (Wildman–Crippen LogP) is 1.74. The Morgan fingerprint density at radius 3 is 2.72 bits per heavy atom. The molecule has 1 atom stereocenters. The number of alkyl halides is 3. The highest BCUT2D eigenvalue weighted by Crippen LogP contribution is 2.22. The van der Waals surface area contributed by atoms with E-state index in [9.17, 15) is 22.4 Å². The zero-order valence-corrected chi connectivity index (χ0v) is 12.9. The lowest BCUT2D eigenvalue weighted by molar-refractivity contribution is -0.138. The first kappa shape index (κ1) is 18.4. The van der Waals surface area contributed by atoms with Crippen LogP contribution in [-0.2, 0) is 4.79 Å². The van der Waals surface area contributed by atoms with Crippen LogP contribution in [0.25, 0.3) is 11.4 Å². The molecule has 0 fully saturated rings. The van der Waals surface area contributed by atoms with Crippen molar-refractivity contribution in [2.24, 2.45) is 0 Å². The third kappa shape index (κ3) is 4.99. The van der Waals surface area contributed by atoms with Crippen molar-refractivity contribution < 1.29 is 22.4 Å². The minimum absolute atomic E-state index is 0.0531. The number of aromatic nitrogens is 3. The first-order chi connectivity index (χ1) is 11.7. The molecule has 0 saturated carbocycles. The monoisotopic (exact) mass is 358 g/mol. The fourth-order valence-electron chi connectivity index (χ4n) is 1.82. The van der Waals surface area contributed by atoms with Crippen LogP contribution in [0.1, 0.15) is 6.92 Å². The lowest BCUT2D eigenvalue weighted by Gasteiger charge is -2.16. The largest absolute Gasteiger partial charge is 0.405 e. The topological polar surface area (TPSA) is 106 Å². The molecule has 0 aromatic carbocycles. The van der Waals surface area contributed by atoms with E-state index in [0.717, 1.165) is 6.20 Å². The molecule has 7 nitrogen and oxygen atoms in total. The molecule has 11 heteroatoms. The molecule has 0 aliphatic carbocycles. The normalized spacial score (nSPS) is 12.5. The number of anilines is 2. The summed E-state index contributed by atoms with van der Waals surface area (Å²) in [5.41, 5.74) is 6.04. The van der Waals surface area contributed by atoms with Gasteiger partial charge in [-0.2, -0.15) is 13.2 Å². The maximum absolute atomic E-state index is 13.8. The number of nitrogens with one attached hydrogen (secondary N) is 2. The van der Waals surface area contributed by atoms with Crippen molar-refractivity contribution in [2.45, 2.75) is 19.1 Å². The summed E-state index contributed by atoms with van der Waals surface area (Å²) in [5, 5.41) is 4.10. The predicted molar refractivity (Wildman–Crippen MR) is 81.8 cm³/mol. The van der Waals surface area contributed by atoms with Crippen LogP contribution < -0.4 is 16.4 Å². The number of nitrogen functional groups attached to an aromatic ring is 1. The smallest absolute Gasteiger partial charge is 0.383 e. The van der Waals surface area contributed by atoms with Crippen molar-refractivity contribution in [1.82, 2.24) is 20.3 Å². The summed E-state index contributed by atoms with van der Waals surface area (Å²) in [7, 11) is 0. The summed E-state index contributed by atoms with van der Waals surface area (Å²) in [6.45, 7) is -0.215. The van der Waals surface area contributed by atoms with Gasteiger partial charge in [0.1, 0.15) is 18.4 Å². The molecular formula is C14H14F4N6O. The van der Waals surface area contributed by atoms with E-state index in [-0.39, 0.29) is 17.5 Å². The van der Waals surface area contributed by atoms with Gasteiger partial charge in [-0.1, -0.05) is 0 Å². The van der Waals surface area contributed by atoms with Crippen LogP contribution in [0.3, 0.4) is 0 Å². The van der Waals surface area contributed by atoms with Gasteiger partial charge >= 0.3 is 6.18 Å². The number of rotatable bonds is 5. The van der Waals surface area contributed by atoms with Crippen LogP contribution in [0.4, 0.5) is 29.2 Å². The average Bonchev–Trinajstić information content (AvgIpc) is 2.54. The molecule has 0 unspecified atom stereocenters. The van der Waals surface area contributed by atoms with E-state index in [2.05, 4.69) is 20.3 Å². The number of halogens is 4. The highest BCUT2D eigenvalue weighted by Gasteiger charge is 2.29. The summed E-state index contributed by atoms with van der Waals surface area (Å²) in [4.78, 5) is 23.2. The second kappa shape index (κ2) is 7.28. The first-order valence-electron chi connectivity index (χ1n) is 7.02. The molecular weight excluding hydrogens is 344 g/mol. The molecule has 0 bridgehead atoms. The van der Waals surface area contributed by atoms with Gasteiger partial charge in [0, 0.05) is 6.20 Å². The Hall–Kier alpha value is -2.98.